The highest BCUT2D eigenvalue weighted by atomic mass is 16.2. The Kier molecular flexibility index (Phi) is 4.99. The van der Waals surface area contributed by atoms with Crippen LogP contribution < -0.4 is 10.6 Å². The summed E-state index contributed by atoms with van der Waals surface area (Å²) in [6.07, 6.45) is 1.42. The molecule has 1 aromatic rings. The van der Waals surface area contributed by atoms with Crippen LogP contribution in [0.25, 0.3) is 0 Å². The molecule has 3 heterocycles. The van der Waals surface area contributed by atoms with Gasteiger partial charge in [0.05, 0.1) is 11.1 Å². The largest absolute Gasteiger partial charge is 0.316 e. The van der Waals surface area contributed by atoms with E-state index in [2.05, 4.69) is 15.5 Å². The molecule has 28 heavy (non-hydrogen) atoms. The SMILES string of the molecule is CN(Cc1cccc2c1C(=O)N(C1CCC(=O)NC1=O)C2=O)CC1CCNC1. The molecule has 3 aliphatic rings. The van der Waals surface area contributed by atoms with Crippen molar-refractivity contribution in [3.63, 3.8) is 0 Å². The number of benzene rings is 1. The number of hydrogen-bond donors (Lipinski definition) is 2. The zero-order chi connectivity index (χ0) is 19.8. The van der Waals surface area contributed by atoms with Crippen LogP contribution in [0.1, 0.15) is 45.5 Å². The lowest BCUT2D eigenvalue weighted by atomic mass is 10.0. The zero-order valence-electron chi connectivity index (χ0n) is 15.9. The number of rotatable bonds is 5. The highest BCUT2D eigenvalue weighted by Gasteiger charge is 2.45. The van der Waals surface area contributed by atoms with Gasteiger partial charge in [-0.25, -0.2) is 0 Å². The fourth-order valence-electron chi connectivity index (χ4n) is 4.38. The van der Waals surface area contributed by atoms with E-state index < -0.39 is 23.8 Å². The molecule has 2 saturated heterocycles. The fraction of sp³-hybridized carbons (Fsp3) is 0.500. The minimum absolute atomic E-state index is 0.120. The molecule has 0 aromatic heterocycles. The smallest absolute Gasteiger partial charge is 0.262 e. The number of fused-ring (bicyclic) bond motifs is 1. The Bertz CT molecular complexity index is 847. The van der Waals surface area contributed by atoms with E-state index in [4.69, 9.17) is 0 Å². The lowest BCUT2D eigenvalue weighted by Gasteiger charge is -2.28. The Hall–Kier alpha value is -2.58. The summed E-state index contributed by atoms with van der Waals surface area (Å²) in [5.74, 6) is -1.28. The van der Waals surface area contributed by atoms with Gasteiger partial charge in [-0.05, 0) is 50.5 Å². The van der Waals surface area contributed by atoms with Crippen molar-refractivity contribution in [1.82, 2.24) is 20.4 Å². The Morgan fingerprint density at radius 2 is 1.96 bits per heavy atom. The lowest BCUT2D eigenvalue weighted by molar-refractivity contribution is -0.136. The maximum absolute atomic E-state index is 13.1. The van der Waals surface area contributed by atoms with Gasteiger partial charge in [0.15, 0.2) is 0 Å². The third kappa shape index (κ3) is 3.33. The minimum Gasteiger partial charge on any atom is -0.316 e. The molecule has 0 bridgehead atoms. The summed E-state index contributed by atoms with van der Waals surface area (Å²) in [4.78, 5) is 52.8. The summed E-state index contributed by atoms with van der Waals surface area (Å²) in [6.45, 7) is 3.50. The van der Waals surface area contributed by atoms with E-state index in [9.17, 15) is 19.2 Å². The second kappa shape index (κ2) is 7.44. The Morgan fingerprint density at radius 1 is 1.14 bits per heavy atom. The van der Waals surface area contributed by atoms with Crippen molar-refractivity contribution < 1.29 is 19.2 Å². The first kappa shape index (κ1) is 18.8. The number of amides is 4. The van der Waals surface area contributed by atoms with E-state index in [-0.39, 0.29) is 18.7 Å². The number of carbonyl (C=O) groups excluding carboxylic acids is 4. The van der Waals surface area contributed by atoms with Gasteiger partial charge in [0.1, 0.15) is 6.04 Å². The quantitative estimate of drug-likeness (QED) is 0.700. The van der Waals surface area contributed by atoms with Crippen molar-refractivity contribution >= 4 is 23.6 Å². The van der Waals surface area contributed by atoms with Gasteiger partial charge in [-0.1, -0.05) is 12.1 Å². The van der Waals surface area contributed by atoms with E-state index >= 15 is 0 Å². The molecule has 4 amide bonds. The number of nitrogens with one attached hydrogen (secondary N) is 2. The van der Waals surface area contributed by atoms with Crippen LogP contribution in [-0.2, 0) is 16.1 Å². The van der Waals surface area contributed by atoms with E-state index in [1.54, 1.807) is 12.1 Å². The second-order valence-corrected chi connectivity index (χ2v) is 7.84. The Balaban J connectivity index is 1.55. The van der Waals surface area contributed by atoms with E-state index in [0.29, 0.717) is 23.6 Å². The molecular formula is C20H24N4O4. The molecule has 3 aliphatic heterocycles. The summed E-state index contributed by atoms with van der Waals surface area (Å²) in [7, 11) is 2.01. The van der Waals surface area contributed by atoms with Crippen molar-refractivity contribution in [2.45, 2.75) is 31.8 Å². The van der Waals surface area contributed by atoms with Crippen molar-refractivity contribution in [2.75, 3.05) is 26.7 Å². The third-order valence-corrected chi connectivity index (χ3v) is 5.73. The second-order valence-electron chi connectivity index (χ2n) is 7.84. The Labute approximate surface area is 163 Å². The number of piperidine rings is 1. The Morgan fingerprint density at radius 3 is 2.68 bits per heavy atom. The lowest BCUT2D eigenvalue weighted by Crippen LogP contribution is -2.54. The molecule has 0 saturated carbocycles. The number of carbonyl (C=O) groups is 4. The van der Waals surface area contributed by atoms with Gasteiger partial charge in [0, 0.05) is 19.5 Å². The van der Waals surface area contributed by atoms with Crippen LogP contribution >= 0.6 is 0 Å². The first-order chi connectivity index (χ1) is 13.5. The van der Waals surface area contributed by atoms with Gasteiger partial charge in [-0.3, -0.25) is 29.4 Å². The average Bonchev–Trinajstić information content (AvgIpc) is 3.24. The normalized spacial score (nSPS) is 24.9. The molecule has 148 valence electrons. The van der Waals surface area contributed by atoms with Crippen LogP contribution in [0.3, 0.4) is 0 Å². The molecule has 1 aromatic carbocycles. The van der Waals surface area contributed by atoms with E-state index in [1.165, 1.54) is 0 Å². The molecule has 4 rings (SSSR count). The summed E-state index contributed by atoms with van der Waals surface area (Å²) in [5, 5.41) is 5.57. The highest BCUT2D eigenvalue weighted by Crippen LogP contribution is 2.30. The topological polar surface area (TPSA) is 98.8 Å². The maximum Gasteiger partial charge on any atom is 0.262 e. The van der Waals surface area contributed by atoms with Crippen LogP contribution in [0.2, 0.25) is 0 Å². The first-order valence-corrected chi connectivity index (χ1v) is 9.68. The molecule has 2 N–H and O–H groups in total. The van der Waals surface area contributed by atoms with Gasteiger partial charge in [0.25, 0.3) is 11.8 Å². The number of imide groups is 2. The molecule has 8 nitrogen and oxygen atoms in total. The highest BCUT2D eigenvalue weighted by molar-refractivity contribution is 6.24. The number of nitrogens with zero attached hydrogens (tertiary/aromatic N) is 2. The van der Waals surface area contributed by atoms with E-state index in [1.807, 2.05) is 13.1 Å². The minimum atomic E-state index is -0.930. The van der Waals surface area contributed by atoms with Crippen molar-refractivity contribution in [2.24, 2.45) is 5.92 Å². The van der Waals surface area contributed by atoms with Gasteiger partial charge in [-0.2, -0.15) is 0 Å². The molecular weight excluding hydrogens is 360 g/mol. The van der Waals surface area contributed by atoms with Gasteiger partial charge < -0.3 is 10.2 Å². The molecule has 2 unspecified atom stereocenters. The van der Waals surface area contributed by atoms with Gasteiger partial charge >= 0.3 is 0 Å². The maximum atomic E-state index is 13.1. The van der Waals surface area contributed by atoms with Gasteiger partial charge in [-0.15, -0.1) is 0 Å². The predicted octanol–water partition coefficient (Wildman–Crippen LogP) is 0.129. The summed E-state index contributed by atoms with van der Waals surface area (Å²) in [6, 6.07) is 4.34. The van der Waals surface area contributed by atoms with Crippen molar-refractivity contribution in [3.8, 4) is 0 Å². The molecule has 0 aliphatic carbocycles. The first-order valence-electron chi connectivity index (χ1n) is 9.68. The monoisotopic (exact) mass is 384 g/mol. The fourth-order valence-corrected chi connectivity index (χ4v) is 4.38. The van der Waals surface area contributed by atoms with Crippen molar-refractivity contribution in [3.05, 3.63) is 34.9 Å². The molecule has 0 spiro atoms. The molecule has 8 heteroatoms. The van der Waals surface area contributed by atoms with Crippen LogP contribution in [0.4, 0.5) is 0 Å². The molecule has 2 atom stereocenters. The third-order valence-electron chi connectivity index (χ3n) is 5.73. The molecule has 2 fully saturated rings. The standard InChI is InChI=1S/C20H24N4O4/c1-23(10-12-7-8-21-9-12)11-13-3-2-4-14-17(13)20(28)24(19(14)27)15-5-6-16(25)22-18(15)26/h2-4,12,15,21H,5-11H2,1H3,(H,22,25,26). The van der Waals surface area contributed by atoms with Crippen LogP contribution in [0, 0.1) is 5.92 Å². The predicted molar refractivity (Wildman–Crippen MR) is 100 cm³/mol. The van der Waals surface area contributed by atoms with Crippen LogP contribution in [0.15, 0.2) is 18.2 Å². The summed E-state index contributed by atoms with van der Waals surface area (Å²) >= 11 is 0. The summed E-state index contributed by atoms with van der Waals surface area (Å²) in [5.41, 5.74) is 1.51. The van der Waals surface area contributed by atoms with E-state index in [0.717, 1.165) is 36.5 Å². The van der Waals surface area contributed by atoms with Crippen LogP contribution in [-0.4, -0.2) is 66.2 Å². The molecule has 0 radical (unpaired) electrons. The summed E-state index contributed by atoms with van der Waals surface area (Å²) < 4.78 is 0. The number of hydrogen-bond acceptors (Lipinski definition) is 6. The van der Waals surface area contributed by atoms with Crippen LogP contribution in [0.5, 0.6) is 0 Å². The zero-order valence-corrected chi connectivity index (χ0v) is 15.9. The average molecular weight is 384 g/mol. The van der Waals surface area contributed by atoms with Gasteiger partial charge in [0.2, 0.25) is 11.8 Å². The van der Waals surface area contributed by atoms with Crippen molar-refractivity contribution in [1.29, 1.82) is 0 Å².